The standard InChI is InChI=1S/C18H22N4O6/c1-10(23)22-13(4-3-7-21-18(19)20)17(25)28-15-9-16(24)27-14-8-11(26-2)5-6-12(14)15/h5-6,8-9,13H,3-4,7H2,1-2H3,(H,22,23)(H4,19,20,21)/t13-/m0/s1. The highest BCUT2D eigenvalue weighted by Gasteiger charge is 2.23. The first kappa shape index (κ1) is 20.7. The molecule has 28 heavy (non-hydrogen) atoms. The lowest BCUT2D eigenvalue weighted by atomic mass is 10.1. The Labute approximate surface area is 160 Å². The van der Waals surface area contributed by atoms with Crippen molar-refractivity contribution in [3.63, 3.8) is 0 Å². The average molecular weight is 390 g/mol. The second kappa shape index (κ2) is 9.40. The average Bonchev–Trinajstić information content (AvgIpc) is 2.62. The van der Waals surface area contributed by atoms with E-state index in [4.69, 9.17) is 25.0 Å². The number of methoxy groups -OCH3 is 1. The lowest BCUT2D eigenvalue weighted by molar-refractivity contribution is -0.139. The van der Waals surface area contributed by atoms with E-state index in [-0.39, 0.29) is 23.7 Å². The van der Waals surface area contributed by atoms with Gasteiger partial charge in [-0.3, -0.25) is 10.2 Å². The van der Waals surface area contributed by atoms with Crippen LogP contribution in [0, 0.1) is 5.41 Å². The fraction of sp³-hybridized carbons (Fsp3) is 0.333. The Hall–Kier alpha value is -3.56. The summed E-state index contributed by atoms with van der Waals surface area (Å²) in [5.74, 6) is -0.801. The maximum Gasteiger partial charge on any atom is 0.339 e. The van der Waals surface area contributed by atoms with E-state index >= 15 is 0 Å². The van der Waals surface area contributed by atoms with Gasteiger partial charge in [0.1, 0.15) is 23.1 Å². The number of carbonyl (C=O) groups excluding carboxylic acids is 2. The maximum atomic E-state index is 12.6. The van der Waals surface area contributed by atoms with Crippen LogP contribution in [-0.4, -0.2) is 37.5 Å². The van der Waals surface area contributed by atoms with Crippen LogP contribution in [0.5, 0.6) is 11.5 Å². The van der Waals surface area contributed by atoms with E-state index in [2.05, 4.69) is 10.6 Å². The number of amides is 1. The van der Waals surface area contributed by atoms with Crippen LogP contribution < -0.4 is 31.5 Å². The SMILES string of the molecule is COc1ccc2c(OC(=O)[C@H](CCCNC(=N)N)NC(C)=O)cc(=O)oc2c1. The van der Waals surface area contributed by atoms with E-state index in [1.807, 2.05) is 0 Å². The smallest absolute Gasteiger partial charge is 0.339 e. The van der Waals surface area contributed by atoms with Gasteiger partial charge in [-0.1, -0.05) is 0 Å². The Morgan fingerprint density at radius 2 is 2.07 bits per heavy atom. The Morgan fingerprint density at radius 3 is 2.71 bits per heavy atom. The van der Waals surface area contributed by atoms with Crippen molar-refractivity contribution in [2.45, 2.75) is 25.8 Å². The first-order valence-corrected chi connectivity index (χ1v) is 8.48. The van der Waals surface area contributed by atoms with E-state index < -0.39 is 23.5 Å². The Morgan fingerprint density at radius 1 is 1.32 bits per heavy atom. The predicted octanol–water partition coefficient (Wildman–Crippen LogP) is 0.475. The van der Waals surface area contributed by atoms with Crippen LogP contribution in [0.3, 0.4) is 0 Å². The number of rotatable bonds is 8. The molecule has 1 aromatic heterocycles. The molecule has 1 aromatic carbocycles. The molecule has 1 heterocycles. The number of ether oxygens (including phenoxy) is 2. The van der Waals surface area contributed by atoms with Crippen LogP contribution in [0.25, 0.3) is 11.0 Å². The van der Waals surface area contributed by atoms with Crippen molar-refractivity contribution in [3.8, 4) is 11.5 Å². The molecule has 5 N–H and O–H groups in total. The summed E-state index contributed by atoms with van der Waals surface area (Å²) in [6.45, 7) is 1.64. The van der Waals surface area contributed by atoms with Gasteiger partial charge in [-0.25, -0.2) is 9.59 Å². The Balaban J connectivity index is 2.20. The summed E-state index contributed by atoms with van der Waals surface area (Å²) in [4.78, 5) is 35.8. The number of benzene rings is 1. The quantitative estimate of drug-likeness (QED) is 0.167. The van der Waals surface area contributed by atoms with Crippen molar-refractivity contribution in [3.05, 3.63) is 34.7 Å². The molecule has 0 bridgehead atoms. The lowest BCUT2D eigenvalue weighted by Crippen LogP contribution is -2.42. The molecule has 2 rings (SSSR count). The lowest BCUT2D eigenvalue weighted by Gasteiger charge is -2.17. The van der Waals surface area contributed by atoms with Crippen molar-refractivity contribution in [1.82, 2.24) is 10.6 Å². The first-order chi connectivity index (χ1) is 13.3. The molecule has 150 valence electrons. The van der Waals surface area contributed by atoms with Crippen molar-refractivity contribution in [2.24, 2.45) is 5.73 Å². The summed E-state index contributed by atoms with van der Waals surface area (Å²) in [6.07, 6.45) is 0.709. The van der Waals surface area contributed by atoms with Crippen molar-refractivity contribution >= 4 is 28.8 Å². The van der Waals surface area contributed by atoms with Crippen LogP contribution in [0.15, 0.2) is 33.5 Å². The monoisotopic (exact) mass is 390 g/mol. The van der Waals surface area contributed by atoms with Crippen molar-refractivity contribution < 1.29 is 23.5 Å². The number of hydrogen-bond acceptors (Lipinski definition) is 7. The van der Waals surface area contributed by atoms with Crippen LogP contribution in [0.2, 0.25) is 0 Å². The van der Waals surface area contributed by atoms with Gasteiger partial charge in [-0.15, -0.1) is 0 Å². The molecule has 0 radical (unpaired) electrons. The van der Waals surface area contributed by atoms with E-state index in [1.54, 1.807) is 12.1 Å². The molecular formula is C18H22N4O6. The third-order valence-corrected chi connectivity index (χ3v) is 3.77. The summed E-state index contributed by atoms with van der Waals surface area (Å²) in [5, 5.41) is 12.7. The molecule has 0 aliphatic rings. The van der Waals surface area contributed by atoms with Gasteiger partial charge < -0.3 is 30.3 Å². The number of carbonyl (C=O) groups is 2. The predicted molar refractivity (Wildman–Crippen MR) is 101 cm³/mol. The number of nitrogens with one attached hydrogen (secondary N) is 3. The highest BCUT2D eigenvalue weighted by molar-refractivity contribution is 5.89. The van der Waals surface area contributed by atoms with E-state index in [0.29, 0.717) is 24.1 Å². The summed E-state index contributed by atoms with van der Waals surface area (Å²) in [5.41, 5.74) is 4.72. The number of esters is 1. The van der Waals surface area contributed by atoms with E-state index in [0.717, 1.165) is 6.07 Å². The molecule has 0 aliphatic carbocycles. The van der Waals surface area contributed by atoms with Gasteiger partial charge in [-0.05, 0) is 25.0 Å². The minimum atomic E-state index is -0.924. The van der Waals surface area contributed by atoms with Gasteiger partial charge in [0.2, 0.25) is 5.91 Å². The zero-order chi connectivity index (χ0) is 20.7. The Kier molecular flexibility index (Phi) is 6.96. The number of fused-ring (bicyclic) bond motifs is 1. The molecule has 0 saturated carbocycles. The summed E-state index contributed by atoms with van der Waals surface area (Å²) >= 11 is 0. The minimum Gasteiger partial charge on any atom is -0.497 e. The molecule has 0 spiro atoms. The minimum absolute atomic E-state index is 0.0242. The van der Waals surface area contributed by atoms with Crippen LogP contribution in [0.1, 0.15) is 19.8 Å². The molecule has 2 aromatic rings. The largest absolute Gasteiger partial charge is 0.497 e. The molecule has 10 nitrogen and oxygen atoms in total. The number of hydrogen-bond donors (Lipinski definition) is 4. The van der Waals surface area contributed by atoms with Gasteiger partial charge in [-0.2, -0.15) is 0 Å². The zero-order valence-electron chi connectivity index (χ0n) is 15.5. The van der Waals surface area contributed by atoms with Crippen molar-refractivity contribution in [2.75, 3.05) is 13.7 Å². The van der Waals surface area contributed by atoms with E-state index in [1.165, 1.54) is 20.1 Å². The fourth-order valence-electron chi connectivity index (χ4n) is 2.53. The highest BCUT2D eigenvalue weighted by atomic mass is 16.5. The summed E-state index contributed by atoms with van der Waals surface area (Å²) in [6, 6.07) is 4.89. The first-order valence-electron chi connectivity index (χ1n) is 8.48. The molecule has 0 aliphatic heterocycles. The van der Waals surface area contributed by atoms with Gasteiger partial charge in [0, 0.05) is 19.5 Å². The summed E-state index contributed by atoms with van der Waals surface area (Å²) < 4.78 is 15.6. The maximum absolute atomic E-state index is 12.6. The fourth-order valence-corrected chi connectivity index (χ4v) is 2.53. The van der Waals surface area contributed by atoms with Gasteiger partial charge in [0.25, 0.3) is 0 Å². The molecule has 0 fully saturated rings. The third-order valence-electron chi connectivity index (χ3n) is 3.77. The van der Waals surface area contributed by atoms with Crippen LogP contribution in [0.4, 0.5) is 0 Å². The van der Waals surface area contributed by atoms with E-state index in [9.17, 15) is 14.4 Å². The topological polar surface area (TPSA) is 157 Å². The van der Waals surface area contributed by atoms with Gasteiger partial charge in [0.05, 0.1) is 18.6 Å². The number of guanidine groups is 1. The Bertz CT molecular complexity index is 939. The molecule has 1 amide bonds. The molecule has 10 heteroatoms. The number of nitrogens with two attached hydrogens (primary N) is 1. The molecule has 0 unspecified atom stereocenters. The zero-order valence-corrected chi connectivity index (χ0v) is 15.5. The second-order valence-corrected chi connectivity index (χ2v) is 5.95. The molecule has 0 saturated heterocycles. The summed E-state index contributed by atoms with van der Waals surface area (Å²) in [7, 11) is 1.47. The molecular weight excluding hydrogens is 368 g/mol. The normalized spacial score (nSPS) is 11.5. The molecule has 1 atom stereocenters. The van der Waals surface area contributed by atoms with Crippen molar-refractivity contribution in [1.29, 1.82) is 5.41 Å². The van der Waals surface area contributed by atoms with Crippen LogP contribution >= 0.6 is 0 Å². The third kappa shape index (κ3) is 5.73. The van der Waals surface area contributed by atoms with Gasteiger partial charge in [0.15, 0.2) is 5.96 Å². The second-order valence-electron chi connectivity index (χ2n) is 5.95. The highest BCUT2D eigenvalue weighted by Crippen LogP contribution is 2.27. The van der Waals surface area contributed by atoms with Gasteiger partial charge >= 0.3 is 11.6 Å². The van der Waals surface area contributed by atoms with Crippen LogP contribution in [-0.2, 0) is 9.59 Å².